The standard InChI is InChI=1S/C19H24ClN5O/c1-14(26)24-8-4-6-16(12-24)19-22-21-18-13-23(9-10-25(18)19)11-15-5-2-3-7-17(15)20/h2-3,5,7,16H,4,6,8-13H2,1H3. The van der Waals surface area contributed by atoms with E-state index in [0.29, 0.717) is 5.92 Å². The van der Waals surface area contributed by atoms with Crippen LogP contribution in [0.2, 0.25) is 5.02 Å². The predicted octanol–water partition coefficient (Wildman–Crippen LogP) is 2.67. The minimum absolute atomic E-state index is 0.152. The Morgan fingerprint density at radius 1 is 1.23 bits per heavy atom. The highest BCUT2D eigenvalue weighted by Crippen LogP contribution is 2.28. The van der Waals surface area contributed by atoms with Crippen LogP contribution < -0.4 is 0 Å². The van der Waals surface area contributed by atoms with E-state index in [1.54, 1.807) is 6.92 Å². The number of piperidine rings is 1. The van der Waals surface area contributed by atoms with Crippen molar-refractivity contribution in [1.29, 1.82) is 0 Å². The van der Waals surface area contributed by atoms with Gasteiger partial charge in [0.1, 0.15) is 11.6 Å². The summed E-state index contributed by atoms with van der Waals surface area (Å²) in [5.41, 5.74) is 1.15. The van der Waals surface area contributed by atoms with Crippen molar-refractivity contribution in [3.8, 4) is 0 Å². The van der Waals surface area contributed by atoms with Crippen LogP contribution in [0.25, 0.3) is 0 Å². The number of fused-ring (bicyclic) bond motifs is 1. The smallest absolute Gasteiger partial charge is 0.219 e. The van der Waals surface area contributed by atoms with E-state index in [2.05, 4.69) is 25.7 Å². The largest absolute Gasteiger partial charge is 0.342 e. The fourth-order valence-corrected chi connectivity index (χ4v) is 4.20. The number of carbonyl (C=O) groups is 1. The molecule has 6 nitrogen and oxygen atoms in total. The van der Waals surface area contributed by atoms with E-state index in [1.807, 2.05) is 23.1 Å². The van der Waals surface area contributed by atoms with Gasteiger partial charge in [-0.25, -0.2) is 0 Å². The normalized spacial score (nSPS) is 20.8. The highest BCUT2D eigenvalue weighted by molar-refractivity contribution is 6.31. The second-order valence-corrected chi connectivity index (χ2v) is 7.64. The number of aromatic nitrogens is 3. The summed E-state index contributed by atoms with van der Waals surface area (Å²) in [6.07, 6.45) is 2.11. The van der Waals surface area contributed by atoms with Crippen LogP contribution >= 0.6 is 11.6 Å². The molecular weight excluding hydrogens is 350 g/mol. The van der Waals surface area contributed by atoms with Crippen LogP contribution in [0.3, 0.4) is 0 Å². The summed E-state index contributed by atoms with van der Waals surface area (Å²) < 4.78 is 2.26. The van der Waals surface area contributed by atoms with Crippen molar-refractivity contribution in [1.82, 2.24) is 24.6 Å². The molecule has 1 amide bonds. The van der Waals surface area contributed by atoms with Gasteiger partial charge in [0.15, 0.2) is 0 Å². The molecule has 4 rings (SSSR count). The topological polar surface area (TPSA) is 54.3 Å². The maximum Gasteiger partial charge on any atom is 0.219 e. The maximum atomic E-state index is 11.7. The van der Waals surface area contributed by atoms with Crippen molar-refractivity contribution >= 4 is 17.5 Å². The Hall–Kier alpha value is -1.92. The zero-order chi connectivity index (χ0) is 18.1. The van der Waals surface area contributed by atoms with Crippen LogP contribution in [0, 0.1) is 0 Å². The fraction of sp³-hybridized carbons (Fsp3) is 0.526. The summed E-state index contributed by atoms with van der Waals surface area (Å²) in [5, 5.41) is 9.76. The number of halogens is 1. The zero-order valence-corrected chi connectivity index (χ0v) is 15.8. The molecule has 138 valence electrons. The van der Waals surface area contributed by atoms with Gasteiger partial charge in [0, 0.05) is 50.6 Å². The molecule has 3 heterocycles. The van der Waals surface area contributed by atoms with Crippen molar-refractivity contribution in [3.63, 3.8) is 0 Å². The highest BCUT2D eigenvalue weighted by atomic mass is 35.5. The number of likely N-dealkylation sites (tertiary alicyclic amines) is 1. The average molecular weight is 374 g/mol. The van der Waals surface area contributed by atoms with Crippen LogP contribution in [-0.4, -0.2) is 50.1 Å². The third-order valence-corrected chi connectivity index (χ3v) is 5.81. The SMILES string of the molecule is CC(=O)N1CCCC(c2nnc3n2CCN(Cc2ccccc2Cl)C3)C1. The molecule has 0 bridgehead atoms. The molecule has 7 heteroatoms. The fourth-order valence-electron chi connectivity index (χ4n) is 4.01. The Morgan fingerprint density at radius 3 is 2.88 bits per heavy atom. The molecule has 2 aliphatic rings. The van der Waals surface area contributed by atoms with Crippen molar-refractivity contribution in [2.24, 2.45) is 0 Å². The second kappa shape index (κ2) is 7.37. The first-order valence-electron chi connectivity index (χ1n) is 9.25. The monoisotopic (exact) mass is 373 g/mol. The molecule has 2 aromatic rings. The van der Waals surface area contributed by atoms with Gasteiger partial charge in [-0.2, -0.15) is 0 Å². The third kappa shape index (κ3) is 3.48. The van der Waals surface area contributed by atoms with E-state index < -0.39 is 0 Å². The highest BCUT2D eigenvalue weighted by Gasteiger charge is 2.29. The summed E-state index contributed by atoms with van der Waals surface area (Å²) in [6, 6.07) is 7.99. The molecule has 1 aromatic heterocycles. The molecule has 0 radical (unpaired) electrons. The Bertz CT molecular complexity index is 805. The van der Waals surface area contributed by atoms with E-state index in [9.17, 15) is 4.79 Å². The van der Waals surface area contributed by atoms with E-state index in [0.717, 1.165) is 74.3 Å². The number of nitrogens with zero attached hydrogens (tertiary/aromatic N) is 5. The van der Waals surface area contributed by atoms with Gasteiger partial charge in [-0.05, 0) is 24.5 Å². The first-order chi connectivity index (χ1) is 12.6. The van der Waals surface area contributed by atoms with Gasteiger partial charge >= 0.3 is 0 Å². The summed E-state index contributed by atoms with van der Waals surface area (Å²) in [5.74, 6) is 2.50. The number of hydrogen-bond acceptors (Lipinski definition) is 4. The number of carbonyl (C=O) groups excluding carboxylic acids is 1. The Morgan fingerprint density at radius 2 is 2.08 bits per heavy atom. The van der Waals surface area contributed by atoms with Gasteiger partial charge in [0.25, 0.3) is 0 Å². The van der Waals surface area contributed by atoms with Gasteiger partial charge in [-0.15, -0.1) is 10.2 Å². The molecule has 1 unspecified atom stereocenters. The lowest BCUT2D eigenvalue weighted by Gasteiger charge is -2.33. The van der Waals surface area contributed by atoms with Gasteiger partial charge in [0.05, 0.1) is 6.54 Å². The molecule has 26 heavy (non-hydrogen) atoms. The van der Waals surface area contributed by atoms with Gasteiger partial charge < -0.3 is 9.47 Å². The van der Waals surface area contributed by atoms with Crippen molar-refractivity contribution in [3.05, 3.63) is 46.5 Å². The molecule has 0 spiro atoms. The lowest BCUT2D eigenvalue weighted by molar-refractivity contribution is -0.130. The molecular formula is C19H24ClN5O. The zero-order valence-electron chi connectivity index (χ0n) is 15.1. The lowest BCUT2D eigenvalue weighted by Crippen LogP contribution is -2.39. The number of amides is 1. The van der Waals surface area contributed by atoms with E-state index in [1.165, 1.54) is 0 Å². The molecule has 0 aliphatic carbocycles. The Labute approximate surface area is 158 Å². The molecule has 0 N–H and O–H groups in total. The average Bonchev–Trinajstić information content (AvgIpc) is 3.07. The molecule has 1 atom stereocenters. The van der Waals surface area contributed by atoms with Crippen LogP contribution in [0.15, 0.2) is 24.3 Å². The molecule has 0 saturated carbocycles. The number of hydrogen-bond donors (Lipinski definition) is 0. The lowest BCUT2D eigenvalue weighted by atomic mass is 9.97. The van der Waals surface area contributed by atoms with Crippen LogP contribution in [0.5, 0.6) is 0 Å². The van der Waals surface area contributed by atoms with Crippen LogP contribution in [-0.2, 0) is 24.4 Å². The number of benzene rings is 1. The van der Waals surface area contributed by atoms with E-state index >= 15 is 0 Å². The molecule has 1 aromatic carbocycles. The van der Waals surface area contributed by atoms with Crippen LogP contribution in [0.4, 0.5) is 0 Å². The van der Waals surface area contributed by atoms with Crippen molar-refractivity contribution in [2.75, 3.05) is 19.6 Å². The minimum atomic E-state index is 0.152. The van der Waals surface area contributed by atoms with Crippen molar-refractivity contribution in [2.45, 2.75) is 45.3 Å². The summed E-state index contributed by atoms with van der Waals surface area (Å²) in [4.78, 5) is 16.0. The second-order valence-electron chi connectivity index (χ2n) is 7.23. The summed E-state index contributed by atoms with van der Waals surface area (Å²) in [7, 11) is 0. The van der Waals surface area contributed by atoms with Gasteiger partial charge in [0.2, 0.25) is 5.91 Å². The molecule has 2 aliphatic heterocycles. The van der Waals surface area contributed by atoms with E-state index in [4.69, 9.17) is 11.6 Å². The Balaban J connectivity index is 1.47. The quantitative estimate of drug-likeness (QED) is 0.830. The first kappa shape index (κ1) is 17.5. The van der Waals surface area contributed by atoms with E-state index in [-0.39, 0.29) is 5.91 Å². The summed E-state index contributed by atoms with van der Waals surface area (Å²) >= 11 is 6.30. The first-order valence-corrected chi connectivity index (χ1v) is 9.63. The maximum absolute atomic E-state index is 11.7. The number of rotatable bonds is 3. The molecule has 1 fully saturated rings. The van der Waals surface area contributed by atoms with Crippen molar-refractivity contribution < 1.29 is 4.79 Å². The minimum Gasteiger partial charge on any atom is -0.342 e. The molecule has 1 saturated heterocycles. The Kier molecular flexibility index (Phi) is 4.96. The van der Waals surface area contributed by atoms with Crippen LogP contribution in [0.1, 0.15) is 42.9 Å². The predicted molar refractivity (Wildman–Crippen MR) is 99.8 cm³/mol. The van der Waals surface area contributed by atoms with Gasteiger partial charge in [-0.1, -0.05) is 29.8 Å². The summed E-state index contributed by atoms with van der Waals surface area (Å²) in [6.45, 7) is 6.71. The van der Waals surface area contributed by atoms with Gasteiger partial charge in [-0.3, -0.25) is 9.69 Å². The third-order valence-electron chi connectivity index (χ3n) is 5.44.